The average molecular weight is 472 g/mol. The van der Waals surface area contributed by atoms with Gasteiger partial charge in [0.05, 0.1) is 24.8 Å². The van der Waals surface area contributed by atoms with Crippen LogP contribution in [-0.4, -0.2) is 41.2 Å². The zero-order valence-corrected chi connectivity index (χ0v) is 19.8. The number of para-hydroxylation sites is 1. The lowest BCUT2D eigenvalue weighted by atomic mass is 10.0. The summed E-state index contributed by atoms with van der Waals surface area (Å²) < 4.78 is 5.72. The lowest BCUT2D eigenvalue weighted by Gasteiger charge is -2.18. The number of aromatic nitrogens is 1. The first kappa shape index (κ1) is 24.0. The van der Waals surface area contributed by atoms with Crippen LogP contribution in [0, 0.1) is 0 Å². The van der Waals surface area contributed by atoms with Crippen molar-refractivity contribution in [2.24, 2.45) is 0 Å². The van der Waals surface area contributed by atoms with Gasteiger partial charge in [-0.3, -0.25) is 9.59 Å². The van der Waals surface area contributed by atoms with Crippen LogP contribution in [0.5, 0.6) is 5.75 Å². The van der Waals surface area contributed by atoms with Crippen molar-refractivity contribution in [3.8, 4) is 16.9 Å². The minimum absolute atomic E-state index is 0.154. The zero-order chi connectivity index (χ0) is 24.8. The average Bonchev–Trinajstić information content (AvgIpc) is 3.26. The van der Waals surface area contributed by atoms with Crippen LogP contribution in [0.2, 0.25) is 0 Å². The maximum absolute atomic E-state index is 13.3. The second-order valence-electron chi connectivity index (χ2n) is 8.32. The molecule has 1 unspecified atom stereocenters. The van der Waals surface area contributed by atoms with Crippen molar-refractivity contribution in [1.29, 1.82) is 0 Å². The first-order valence-corrected chi connectivity index (χ1v) is 11.6. The van der Waals surface area contributed by atoms with Gasteiger partial charge >= 0.3 is 0 Å². The van der Waals surface area contributed by atoms with Crippen molar-refractivity contribution in [2.45, 2.75) is 26.3 Å². The lowest BCUT2D eigenvalue weighted by molar-refractivity contribution is -0.114. The molecule has 0 saturated heterocycles. The molecule has 0 saturated carbocycles. The fourth-order valence-electron chi connectivity index (χ4n) is 4.14. The Labute approximate surface area is 204 Å². The fourth-order valence-corrected chi connectivity index (χ4v) is 4.14. The van der Waals surface area contributed by atoms with Gasteiger partial charge in [-0.05, 0) is 60.4 Å². The minimum atomic E-state index is -0.470. The summed E-state index contributed by atoms with van der Waals surface area (Å²) in [5.41, 5.74) is 4.75. The fraction of sp³-hybridized carbons (Fsp3) is 0.214. The molecule has 0 radical (unpaired) electrons. The lowest BCUT2D eigenvalue weighted by Crippen LogP contribution is -2.39. The van der Waals surface area contributed by atoms with E-state index in [2.05, 4.69) is 15.6 Å². The Balaban J connectivity index is 1.59. The number of fused-ring (bicyclic) bond motifs is 1. The van der Waals surface area contributed by atoms with Gasteiger partial charge in [-0.15, -0.1) is 0 Å². The third-order valence-corrected chi connectivity index (χ3v) is 5.74. The smallest absolute Gasteiger partial charge is 0.255 e. The summed E-state index contributed by atoms with van der Waals surface area (Å²) in [6.45, 7) is 3.53. The molecular formula is C28H29N3O4. The van der Waals surface area contributed by atoms with E-state index >= 15 is 0 Å². The molecule has 180 valence electrons. The third-order valence-electron chi connectivity index (χ3n) is 5.74. The Hall–Kier alpha value is -4.10. The number of aliphatic hydroxyl groups is 1. The van der Waals surface area contributed by atoms with E-state index in [9.17, 15) is 14.7 Å². The van der Waals surface area contributed by atoms with Gasteiger partial charge < -0.3 is 25.5 Å². The van der Waals surface area contributed by atoms with E-state index < -0.39 is 6.04 Å². The Bertz CT molecular complexity index is 1350. The highest BCUT2D eigenvalue weighted by atomic mass is 16.5. The van der Waals surface area contributed by atoms with Crippen LogP contribution < -0.4 is 15.4 Å². The van der Waals surface area contributed by atoms with E-state index in [4.69, 9.17) is 4.74 Å². The van der Waals surface area contributed by atoms with Crippen molar-refractivity contribution in [2.75, 3.05) is 18.5 Å². The van der Waals surface area contributed by atoms with Crippen LogP contribution in [0.15, 0.2) is 72.9 Å². The zero-order valence-electron chi connectivity index (χ0n) is 19.8. The van der Waals surface area contributed by atoms with Gasteiger partial charge in [0.15, 0.2) is 0 Å². The molecule has 1 atom stereocenters. The number of rotatable bonds is 9. The van der Waals surface area contributed by atoms with Crippen molar-refractivity contribution in [3.05, 3.63) is 84.1 Å². The number of carbonyl (C=O) groups is 2. The van der Waals surface area contributed by atoms with Gasteiger partial charge in [0, 0.05) is 29.7 Å². The van der Waals surface area contributed by atoms with Crippen LogP contribution in [0.3, 0.4) is 0 Å². The standard InChI is InChI=1S/C28H29N3O4/c1-3-35-27-12-11-20(19-7-6-8-22(13-19)30-18(2)33)15-25(27)28(34)31-23(17-32)14-21-16-29-26-10-5-4-9-24(21)26/h4-13,15-16,23,29,32H,3,14,17H2,1-2H3,(H,30,33)(H,31,34). The van der Waals surface area contributed by atoms with E-state index in [1.165, 1.54) is 6.92 Å². The molecule has 0 fully saturated rings. The number of hydrogen-bond donors (Lipinski definition) is 4. The molecule has 1 aromatic heterocycles. The number of carbonyl (C=O) groups excluding carboxylic acids is 2. The number of amides is 2. The van der Waals surface area contributed by atoms with E-state index in [0.29, 0.717) is 30.0 Å². The topological polar surface area (TPSA) is 103 Å². The Kier molecular flexibility index (Phi) is 7.48. The summed E-state index contributed by atoms with van der Waals surface area (Å²) in [5, 5.41) is 16.8. The monoisotopic (exact) mass is 471 g/mol. The number of benzene rings is 3. The van der Waals surface area contributed by atoms with E-state index in [1.54, 1.807) is 12.1 Å². The number of aliphatic hydroxyl groups excluding tert-OH is 1. The van der Waals surface area contributed by atoms with Crippen LogP contribution in [0.1, 0.15) is 29.8 Å². The van der Waals surface area contributed by atoms with Crippen LogP contribution >= 0.6 is 0 Å². The molecule has 4 aromatic rings. The Morgan fingerprint density at radius 3 is 2.60 bits per heavy atom. The molecule has 4 rings (SSSR count). The highest BCUT2D eigenvalue weighted by Crippen LogP contribution is 2.29. The summed E-state index contributed by atoms with van der Waals surface area (Å²) in [7, 11) is 0. The molecule has 2 amide bonds. The first-order chi connectivity index (χ1) is 17.0. The second kappa shape index (κ2) is 10.9. The number of anilines is 1. The molecule has 0 spiro atoms. The van der Waals surface area contributed by atoms with Crippen molar-refractivity contribution in [1.82, 2.24) is 10.3 Å². The maximum Gasteiger partial charge on any atom is 0.255 e. The normalized spacial score (nSPS) is 11.7. The highest BCUT2D eigenvalue weighted by Gasteiger charge is 2.19. The van der Waals surface area contributed by atoms with Gasteiger partial charge in [-0.2, -0.15) is 0 Å². The van der Waals surface area contributed by atoms with Crippen molar-refractivity contribution < 1.29 is 19.4 Å². The molecule has 7 nitrogen and oxygen atoms in total. The van der Waals surface area contributed by atoms with Gasteiger partial charge in [0.25, 0.3) is 5.91 Å². The molecule has 4 N–H and O–H groups in total. The summed E-state index contributed by atoms with van der Waals surface area (Å²) in [6, 6.07) is 20.3. The molecular weight excluding hydrogens is 442 g/mol. The maximum atomic E-state index is 13.3. The summed E-state index contributed by atoms with van der Waals surface area (Å²) >= 11 is 0. The third kappa shape index (κ3) is 5.70. The molecule has 0 bridgehead atoms. The Morgan fingerprint density at radius 1 is 1.03 bits per heavy atom. The van der Waals surface area contributed by atoms with Crippen LogP contribution in [0.4, 0.5) is 5.69 Å². The molecule has 0 aliphatic carbocycles. The number of aromatic amines is 1. The largest absolute Gasteiger partial charge is 0.493 e. The SMILES string of the molecule is CCOc1ccc(-c2cccc(NC(C)=O)c2)cc1C(=O)NC(CO)Cc1c[nH]c2ccccc12. The van der Waals surface area contributed by atoms with Crippen molar-refractivity contribution >= 4 is 28.4 Å². The second-order valence-corrected chi connectivity index (χ2v) is 8.32. The summed E-state index contributed by atoms with van der Waals surface area (Å²) in [6.07, 6.45) is 2.39. The first-order valence-electron chi connectivity index (χ1n) is 11.6. The van der Waals surface area contributed by atoms with Crippen LogP contribution in [-0.2, 0) is 11.2 Å². The number of H-pyrrole nitrogens is 1. The molecule has 3 aromatic carbocycles. The van der Waals surface area contributed by atoms with Crippen molar-refractivity contribution in [3.63, 3.8) is 0 Å². The van der Waals surface area contributed by atoms with E-state index in [-0.39, 0.29) is 18.4 Å². The van der Waals surface area contributed by atoms with E-state index in [0.717, 1.165) is 27.6 Å². The summed E-state index contributed by atoms with van der Waals surface area (Å²) in [4.78, 5) is 28.0. The quantitative estimate of drug-likeness (QED) is 0.288. The van der Waals surface area contributed by atoms with Gasteiger partial charge in [-0.1, -0.05) is 36.4 Å². The molecule has 1 heterocycles. The number of nitrogens with one attached hydrogen (secondary N) is 3. The van der Waals surface area contributed by atoms with Gasteiger partial charge in [-0.25, -0.2) is 0 Å². The number of ether oxygens (including phenoxy) is 1. The minimum Gasteiger partial charge on any atom is -0.493 e. The predicted octanol–water partition coefficient (Wildman–Crippen LogP) is 4.53. The van der Waals surface area contributed by atoms with Gasteiger partial charge in [0.2, 0.25) is 5.91 Å². The number of hydrogen-bond acceptors (Lipinski definition) is 4. The molecule has 35 heavy (non-hydrogen) atoms. The molecule has 7 heteroatoms. The molecule has 0 aliphatic heterocycles. The predicted molar refractivity (Wildman–Crippen MR) is 138 cm³/mol. The van der Waals surface area contributed by atoms with E-state index in [1.807, 2.05) is 67.7 Å². The van der Waals surface area contributed by atoms with Crippen LogP contribution in [0.25, 0.3) is 22.0 Å². The highest BCUT2D eigenvalue weighted by molar-refractivity contribution is 5.98. The molecule has 0 aliphatic rings. The van der Waals surface area contributed by atoms with Gasteiger partial charge in [0.1, 0.15) is 5.75 Å². The summed E-state index contributed by atoms with van der Waals surface area (Å²) in [5.74, 6) is -0.0121. The Morgan fingerprint density at radius 2 is 1.83 bits per heavy atom.